The molecule has 2 aromatic heterocycles. The van der Waals surface area contributed by atoms with Gasteiger partial charge in [0.05, 0.1) is 33.4 Å². The number of para-hydroxylation sites is 1. The number of aliphatic hydroxyl groups is 1. The van der Waals surface area contributed by atoms with Gasteiger partial charge in [0.1, 0.15) is 11.2 Å². The number of H-pyrrole nitrogens is 2. The van der Waals surface area contributed by atoms with E-state index in [2.05, 4.69) is 76.2 Å². The van der Waals surface area contributed by atoms with E-state index in [1.807, 2.05) is 6.92 Å². The zero-order valence-electron chi connectivity index (χ0n) is 31.7. The summed E-state index contributed by atoms with van der Waals surface area (Å²) >= 11 is 0. The fourth-order valence-electron chi connectivity index (χ4n) is 12.0. The van der Waals surface area contributed by atoms with Crippen LogP contribution in [0.3, 0.4) is 0 Å². The quantitative estimate of drug-likeness (QED) is 0.184. The van der Waals surface area contributed by atoms with Gasteiger partial charge in [-0.05, 0) is 94.2 Å². The molecule has 0 spiro atoms. The molecule has 6 aliphatic rings. The molecule has 2 aliphatic carbocycles. The highest BCUT2D eigenvalue weighted by atomic mass is 16.5. The standard InChI is InChI=1S/C43H52N4O6/c1-7-24-21-46(3)35-17-32-25-10-8-9-11-33(25)44-38(32)31(15-28(24)37(35)41(49)52-5)30-16-34-29(18-36(30)51-4)26-12-13-47-20-23-14-27(22(2)48)40(47)43(19-23,39(26)45-34)42(50)53-6/h7-11,16,18,22-23,27-28,31,35,37,40,44-45,48H,12-15,17,19-21H2,1-6H3. The number of benzene rings is 2. The van der Waals surface area contributed by atoms with E-state index in [4.69, 9.17) is 14.2 Å². The van der Waals surface area contributed by atoms with E-state index in [1.54, 1.807) is 7.11 Å². The van der Waals surface area contributed by atoms with Gasteiger partial charge < -0.3 is 29.3 Å². The van der Waals surface area contributed by atoms with E-state index < -0.39 is 11.5 Å². The molecule has 6 heterocycles. The monoisotopic (exact) mass is 720 g/mol. The molecule has 10 heteroatoms. The highest BCUT2D eigenvalue weighted by Gasteiger charge is 2.64. The van der Waals surface area contributed by atoms with Gasteiger partial charge in [0, 0.05) is 82.3 Å². The van der Waals surface area contributed by atoms with Crippen LogP contribution in [-0.4, -0.2) is 103 Å². The maximum atomic E-state index is 14.2. The predicted octanol–water partition coefficient (Wildman–Crippen LogP) is 5.46. The molecule has 1 saturated carbocycles. The normalized spacial score (nSPS) is 33.5. The number of piperidine rings is 3. The average molecular weight is 721 g/mol. The first-order chi connectivity index (χ1) is 25.6. The maximum absolute atomic E-state index is 14.2. The van der Waals surface area contributed by atoms with Crippen LogP contribution in [0.4, 0.5) is 0 Å². The van der Waals surface area contributed by atoms with E-state index in [1.165, 1.54) is 30.7 Å². The minimum atomic E-state index is -0.905. The van der Waals surface area contributed by atoms with E-state index in [9.17, 15) is 14.7 Å². The first-order valence-corrected chi connectivity index (χ1v) is 19.4. The van der Waals surface area contributed by atoms with Gasteiger partial charge in [-0.3, -0.25) is 19.4 Å². The van der Waals surface area contributed by atoms with Gasteiger partial charge in [-0.1, -0.05) is 29.8 Å². The molecule has 10 rings (SSSR count). The number of aromatic nitrogens is 2. The van der Waals surface area contributed by atoms with Crippen molar-refractivity contribution in [2.75, 3.05) is 48.0 Å². The molecule has 6 bridgehead atoms. The Morgan fingerprint density at radius 2 is 1.85 bits per heavy atom. The Hall–Kier alpha value is -4.12. The fraction of sp³-hybridized carbons (Fsp3) is 0.535. The van der Waals surface area contributed by atoms with Crippen LogP contribution >= 0.6 is 0 Å². The van der Waals surface area contributed by atoms with E-state index in [0.29, 0.717) is 25.2 Å². The number of fused-ring (bicyclic) bond motifs is 9. The summed E-state index contributed by atoms with van der Waals surface area (Å²) in [5.74, 6) is 0.199. The lowest BCUT2D eigenvalue weighted by Gasteiger charge is -2.58. The SMILES string of the molecule is CC=C1CN(C)C2Cc3c([nH]c4ccccc34)C(c3cc4[nH]c5c(c4cc3OC)CCN3CC4CC(C(C)O)C3C5(C(=O)OC)C4)CC1C2C(=O)OC. The summed E-state index contributed by atoms with van der Waals surface area (Å²) < 4.78 is 17.6. The van der Waals surface area contributed by atoms with Crippen molar-refractivity contribution in [1.82, 2.24) is 19.8 Å². The summed E-state index contributed by atoms with van der Waals surface area (Å²) in [7, 11) is 6.87. The number of likely N-dealkylation sites (N-methyl/N-ethyl adjacent to an activating group) is 1. The van der Waals surface area contributed by atoms with Crippen LogP contribution in [0, 0.1) is 23.7 Å². The first-order valence-electron chi connectivity index (χ1n) is 19.4. The Bertz CT molecular complexity index is 2150. The minimum absolute atomic E-state index is 0.0103. The van der Waals surface area contributed by atoms with E-state index in [0.717, 1.165) is 77.2 Å². The summed E-state index contributed by atoms with van der Waals surface area (Å²) in [6.45, 7) is 6.50. The fourth-order valence-corrected chi connectivity index (χ4v) is 12.0. The zero-order valence-corrected chi connectivity index (χ0v) is 31.7. The van der Waals surface area contributed by atoms with Crippen molar-refractivity contribution >= 4 is 33.7 Å². The van der Waals surface area contributed by atoms with Crippen molar-refractivity contribution in [3.05, 3.63) is 76.1 Å². The molecule has 10 unspecified atom stereocenters. The molecule has 0 amide bonds. The molecule has 53 heavy (non-hydrogen) atoms. The van der Waals surface area contributed by atoms with Crippen LogP contribution in [0.15, 0.2) is 48.0 Å². The summed E-state index contributed by atoms with van der Waals surface area (Å²) in [6.07, 6.45) is 5.47. The van der Waals surface area contributed by atoms with Crippen LogP contribution in [-0.2, 0) is 37.3 Å². The second-order valence-electron chi connectivity index (χ2n) is 16.5. The number of rotatable bonds is 5. The van der Waals surface area contributed by atoms with Gasteiger partial charge in [-0.25, -0.2) is 0 Å². The van der Waals surface area contributed by atoms with Gasteiger partial charge in [-0.2, -0.15) is 0 Å². The van der Waals surface area contributed by atoms with Gasteiger partial charge in [0.25, 0.3) is 0 Å². The minimum Gasteiger partial charge on any atom is -0.496 e. The Morgan fingerprint density at radius 3 is 2.58 bits per heavy atom. The largest absolute Gasteiger partial charge is 0.496 e. The number of ether oxygens (including phenoxy) is 3. The molecule has 4 aromatic rings. The van der Waals surface area contributed by atoms with Crippen LogP contribution in [0.1, 0.15) is 67.1 Å². The third-order valence-electron chi connectivity index (χ3n) is 14.2. The van der Waals surface area contributed by atoms with Crippen molar-refractivity contribution in [2.24, 2.45) is 23.7 Å². The van der Waals surface area contributed by atoms with Crippen molar-refractivity contribution in [1.29, 1.82) is 0 Å². The van der Waals surface area contributed by atoms with Crippen LogP contribution in [0.25, 0.3) is 21.8 Å². The predicted molar refractivity (Wildman–Crippen MR) is 203 cm³/mol. The van der Waals surface area contributed by atoms with Crippen molar-refractivity contribution in [3.8, 4) is 5.75 Å². The summed E-state index contributed by atoms with van der Waals surface area (Å²) in [4.78, 5) is 40.5. The summed E-state index contributed by atoms with van der Waals surface area (Å²) in [5, 5.41) is 13.3. The number of esters is 2. The number of aromatic amines is 2. The number of aliphatic hydroxyl groups excluding tert-OH is 1. The summed E-state index contributed by atoms with van der Waals surface area (Å²) in [5.41, 5.74) is 7.90. The topological polar surface area (TPSA) is 120 Å². The van der Waals surface area contributed by atoms with Crippen LogP contribution in [0.2, 0.25) is 0 Å². The third-order valence-corrected chi connectivity index (χ3v) is 14.2. The van der Waals surface area contributed by atoms with Crippen molar-refractivity contribution < 1.29 is 28.9 Å². The Balaban J connectivity index is 1.26. The number of hydrogen-bond donors (Lipinski definition) is 3. The smallest absolute Gasteiger partial charge is 0.319 e. The molecule has 280 valence electrons. The zero-order chi connectivity index (χ0) is 36.9. The lowest BCUT2D eigenvalue weighted by atomic mass is 9.56. The Kier molecular flexibility index (Phi) is 8.33. The van der Waals surface area contributed by atoms with Crippen LogP contribution < -0.4 is 4.74 Å². The lowest BCUT2D eigenvalue weighted by Crippen LogP contribution is -2.68. The molecule has 10 nitrogen and oxygen atoms in total. The molecular weight excluding hydrogens is 668 g/mol. The van der Waals surface area contributed by atoms with Gasteiger partial charge in [-0.15, -0.1) is 0 Å². The van der Waals surface area contributed by atoms with Crippen molar-refractivity contribution in [3.63, 3.8) is 0 Å². The molecule has 4 aliphatic heterocycles. The number of nitrogens with one attached hydrogen (secondary N) is 2. The molecule has 3 N–H and O–H groups in total. The highest BCUT2D eigenvalue weighted by Crippen LogP contribution is 2.56. The van der Waals surface area contributed by atoms with Crippen molar-refractivity contribution in [2.45, 2.75) is 75.5 Å². The number of nitrogens with zero attached hydrogens (tertiary/aromatic N) is 2. The number of hydrogen-bond acceptors (Lipinski definition) is 8. The number of methoxy groups -OCH3 is 3. The third kappa shape index (κ3) is 4.94. The molecule has 10 atom stereocenters. The van der Waals surface area contributed by atoms with Gasteiger partial charge in [0.15, 0.2) is 0 Å². The maximum Gasteiger partial charge on any atom is 0.319 e. The molecular formula is C43H52N4O6. The molecule has 4 fully saturated rings. The second kappa shape index (κ2) is 12.7. The Labute approximate surface area is 310 Å². The van der Waals surface area contributed by atoms with Gasteiger partial charge in [0.2, 0.25) is 0 Å². The molecule has 2 aromatic carbocycles. The highest BCUT2D eigenvalue weighted by molar-refractivity contribution is 5.93. The first kappa shape index (κ1) is 34.6. The Morgan fingerprint density at radius 1 is 1.04 bits per heavy atom. The van der Waals surface area contributed by atoms with Crippen LogP contribution in [0.5, 0.6) is 5.75 Å². The number of carbonyl (C=O) groups excluding carboxylic acids is 2. The van der Waals surface area contributed by atoms with E-state index >= 15 is 0 Å². The van der Waals surface area contributed by atoms with Gasteiger partial charge >= 0.3 is 11.9 Å². The summed E-state index contributed by atoms with van der Waals surface area (Å²) in [6, 6.07) is 12.7. The van der Waals surface area contributed by atoms with E-state index in [-0.39, 0.29) is 47.7 Å². The number of allylic oxidation sites excluding steroid dienone is 1. The molecule has 3 saturated heterocycles. The lowest BCUT2D eigenvalue weighted by molar-refractivity contribution is -0.166. The number of likely N-dealkylation sites (tertiary alicyclic amines) is 1. The number of carbonyl (C=O) groups is 2. The molecule has 0 radical (unpaired) electrons. The average Bonchev–Trinajstić information content (AvgIpc) is 3.69. The second-order valence-corrected chi connectivity index (χ2v) is 16.5.